The Morgan fingerprint density at radius 1 is 1.12 bits per heavy atom. The van der Waals surface area contributed by atoms with Crippen molar-refractivity contribution in [2.45, 2.75) is 25.1 Å². The summed E-state index contributed by atoms with van der Waals surface area (Å²) in [6.45, 7) is 2.72. The van der Waals surface area contributed by atoms with Crippen LogP contribution in [0.1, 0.15) is 21.5 Å². The SMILES string of the molecule is O=C(c1cccnc1)N1C[C@@H](O)[C@H](N2CCc3ccccc3C2)C1. The van der Waals surface area contributed by atoms with Crippen LogP contribution in [0, 0.1) is 0 Å². The largest absolute Gasteiger partial charge is 0.390 e. The molecule has 1 N–H and O–H groups in total. The van der Waals surface area contributed by atoms with E-state index >= 15 is 0 Å². The maximum atomic E-state index is 12.6. The number of hydrogen-bond donors (Lipinski definition) is 1. The molecule has 3 heterocycles. The Morgan fingerprint density at radius 3 is 2.75 bits per heavy atom. The molecule has 1 aromatic carbocycles. The molecule has 5 nitrogen and oxygen atoms in total. The van der Waals surface area contributed by atoms with Crippen molar-refractivity contribution in [1.82, 2.24) is 14.8 Å². The lowest BCUT2D eigenvalue weighted by molar-refractivity contribution is 0.0735. The van der Waals surface area contributed by atoms with E-state index in [0.717, 1.165) is 19.5 Å². The summed E-state index contributed by atoms with van der Waals surface area (Å²) in [7, 11) is 0. The van der Waals surface area contributed by atoms with Gasteiger partial charge < -0.3 is 10.0 Å². The van der Waals surface area contributed by atoms with E-state index < -0.39 is 6.10 Å². The zero-order valence-electron chi connectivity index (χ0n) is 13.5. The third-order valence-corrected chi connectivity index (χ3v) is 5.08. The van der Waals surface area contributed by atoms with Crippen molar-refractivity contribution in [2.24, 2.45) is 0 Å². The van der Waals surface area contributed by atoms with E-state index in [9.17, 15) is 9.90 Å². The molecule has 0 aliphatic carbocycles. The van der Waals surface area contributed by atoms with E-state index in [-0.39, 0.29) is 11.9 Å². The normalized spacial score (nSPS) is 24.0. The predicted octanol–water partition coefficient (Wildman–Crippen LogP) is 1.33. The molecule has 2 aliphatic rings. The Kier molecular flexibility index (Phi) is 4.04. The lowest BCUT2D eigenvalue weighted by Crippen LogP contribution is -2.45. The van der Waals surface area contributed by atoms with Crippen LogP contribution in [0.2, 0.25) is 0 Å². The zero-order chi connectivity index (χ0) is 16.5. The van der Waals surface area contributed by atoms with Crippen molar-refractivity contribution in [3.63, 3.8) is 0 Å². The number of hydrogen-bond acceptors (Lipinski definition) is 4. The molecular formula is C19H21N3O2. The number of nitrogens with zero attached hydrogens (tertiary/aromatic N) is 3. The Balaban J connectivity index is 1.47. The molecule has 1 aromatic heterocycles. The molecular weight excluding hydrogens is 302 g/mol. The Morgan fingerprint density at radius 2 is 1.96 bits per heavy atom. The van der Waals surface area contributed by atoms with Crippen molar-refractivity contribution in [2.75, 3.05) is 19.6 Å². The van der Waals surface area contributed by atoms with Crippen LogP contribution in [-0.4, -0.2) is 57.6 Å². The number of rotatable bonds is 2. The molecule has 0 bridgehead atoms. The number of β-amino-alcohol motifs (C(OH)–C–C–N with tert-alkyl or cyclic N) is 1. The standard InChI is InChI=1S/C19H21N3O2/c23-18-13-22(19(24)15-6-3-8-20-10-15)12-17(18)21-9-7-14-4-1-2-5-16(14)11-21/h1-6,8,10,17-18,23H,7,9,11-13H2/t17-,18-/m1/s1. The smallest absolute Gasteiger partial charge is 0.255 e. The third kappa shape index (κ3) is 2.81. The third-order valence-electron chi connectivity index (χ3n) is 5.08. The number of fused-ring (bicyclic) bond motifs is 1. The van der Waals surface area contributed by atoms with Gasteiger partial charge in [0.15, 0.2) is 0 Å². The summed E-state index contributed by atoms with van der Waals surface area (Å²) in [6.07, 6.45) is 3.73. The first-order valence-corrected chi connectivity index (χ1v) is 8.40. The molecule has 0 saturated carbocycles. The number of carbonyl (C=O) groups excluding carboxylic acids is 1. The molecule has 0 radical (unpaired) electrons. The van der Waals surface area contributed by atoms with Gasteiger partial charge in [0.05, 0.1) is 17.7 Å². The van der Waals surface area contributed by atoms with Gasteiger partial charge in [-0.15, -0.1) is 0 Å². The highest BCUT2D eigenvalue weighted by Crippen LogP contribution is 2.25. The highest BCUT2D eigenvalue weighted by molar-refractivity contribution is 5.94. The summed E-state index contributed by atoms with van der Waals surface area (Å²) in [6, 6.07) is 12.0. The summed E-state index contributed by atoms with van der Waals surface area (Å²) in [4.78, 5) is 20.6. The fourth-order valence-corrected chi connectivity index (χ4v) is 3.77. The second-order valence-corrected chi connectivity index (χ2v) is 6.58. The highest BCUT2D eigenvalue weighted by atomic mass is 16.3. The van der Waals surface area contributed by atoms with E-state index in [1.807, 2.05) is 0 Å². The first-order valence-electron chi connectivity index (χ1n) is 8.40. The van der Waals surface area contributed by atoms with E-state index in [2.05, 4.69) is 34.1 Å². The summed E-state index contributed by atoms with van der Waals surface area (Å²) >= 11 is 0. The summed E-state index contributed by atoms with van der Waals surface area (Å²) in [5.41, 5.74) is 3.30. The zero-order valence-corrected chi connectivity index (χ0v) is 13.5. The van der Waals surface area contributed by atoms with Gasteiger partial charge in [0, 0.05) is 38.6 Å². The van der Waals surface area contributed by atoms with Gasteiger partial charge in [0.25, 0.3) is 5.91 Å². The van der Waals surface area contributed by atoms with Crippen LogP contribution in [0.3, 0.4) is 0 Å². The average molecular weight is 323 g/mol. The van der Waals surface area contributed by atoms with Crippen molar-refractivity contribution in [3.8, 4) is 0 Å². The molecule has 2 atom stereocenters. The first kappa shape index (κ1) is 15.3. The number of amides is 1. The van der Waals surface area contributed by atoms with Gasteiger partial charge in [-0.05, 0) is 29.7 Å². The maximum absolute atomic E-state index is 12.6. The number of aromatic nitrogens is 1. The molecule has 1 saturated heterocycles. The van der Waals surface area contributed by atoms with Gasteiger partial charge in [0.2, 0.25) is 0 Å². The number of aliphatic hydroxyl groups is 1. The molecule has 4 rings (SSSR count). The van der Waals surface area contributed by atoms with Gasteiger partial charge in [-0.1, -0.05) is 24.3 Å². The van der Waals surface area contributed by atoms with Crippen LogP contribution in [0.25, 0.3) is 0 Å². The second kappa shape index (κ2) is 6.34. The van der Waals surface area contributed by atoms with Crippen molar-refractivity contribution >= 4 is 5.91 Å². The molecule has 0 unspecified atom stereocenters. The summed E-state index contributed by atoms with van der Waals surface area (Å²) in [5.74, 6) is -0.0536. The van der Waals surface area contributed by atoms with Crippen LogP contribution in [-0.2, 0) is 13.0 Å². The lowest BCUT2D eigenvalue weighted by atomic mass is 9.98. The van der Waals surface area contributed by atoms with Gasteiger partial charge >= 0.3 is 0 Å². The minimum absolute atomic E-state index is 0.000947. The average Bonchev–Trinajstić information content (AvgIpc) is 3.03. The van der Waals surface area contributed by atoms with Crippen LogP contribution in [0.5, 0.6) is 0 Å². The first-order chi connectivity index (χ1) is 11.7. The molecule has 5 heteroatoms. The number of benzene rings is 1. The number of pyridine rings is 1. The maximum Gasteiger partial charge on any atom is 0.255 e. The summed E-state index contributed by atoms with van der Waals surface area (Å²) in [5, 5.41) is 10.5. The van der Waals surface area contributed by atoms with Crippen molar-refractivity contribution < 1.29 is 9.90 Å². The fourth-order valence-electron chi connectivity index (χ4n) is 3.77. The van der Waals surface area contributed by atoms with Gasteiger partial charge in [0.1, 0.15) is 0 Å². The Bertz CT molecular complexity index is 734. The highest BCUT2D eigenvalue weighted by Gasteiger charge is 2.38. The Hall–Kier alpha value is -2.24. The van der Waals surface area contributed by atoms with Gasteiger partial charge in [-0.2, -0.15) is 0 Å². The summed E-state index contributed by atoms with van der Waals surface area (Å²) < 4.78 is 0. The number of aliphatic hydroxyl groups excluding tert-OH is 1. The monoisotopic (exact) mass is 323 g/mol. The Labute approximate surface area is 141 Å². The molecule has 2 aromatic rings. The van der Waals surface area contributed by atoms with Crippen LogP contribution >= 0.6 is 0 Å². The van der Waals surface area contributed by atoms with E-state index in [0.29, 0.717) is 18.7 Å². The number of likely N-dealkylation sites (tertiary alicyclic amines) is 1. The lowest BCUT2D eigenvalue weighted by Gasteiger charge is -2.34. The van der Waals surface area contributed by atoms with Crippen molar-refractivity contribution in [1.29, 1.82) is 0 Å². The quantitative estimate of drug-likeness (QED) is 0.906. The molecule has 1 amide bonds. The second-order valence-electron chi connectivity index (χ2n) is 6.58. The molecule has 2 aliphatic heterocycles. The van der Waals surface area contributed by atoms with Crippen LogP contribution in [0.4, 0.5) is 0 Å². The van der Waals surface area contributed by atoms with E-state index in [1.54, 1.807) is 29.4 Å². The number of carbonyl (C=O) groups is 1. The van der Waals surface area contributed by atoms with Gasteiger partial charge in [-0.25, -0.2) is 0 Å². The predicted molar refractivity (Wildman–Crippen MR) is 90.5 cm³/mol. The minimum Gasteiger partial charge on any atom is -0.390 e. The molecule has 0 spiro atoms. The molecule has 24 heavy (non-hydrogen) atoms. The minimum atomic E-state index is -0.504. The van der Waals surface area contributed by atoms with E-state index in [4.69, 9.17) is 0 Å². The van der Waals surface area contributed by atoms with E-state index in [1.165, 1.54) is 11.1 Å². The van der Waals surface area contributed by atoms with Gasteiger partial charge in [-0.3, -0.25) is 14.7 Å². The fraction of sp³-hybridized carbons (Fsp3) is 0.368. The van der Waals surface area contributed by atoms with Crippen molar-refractivity contribution in [3.05, 3.63) is 65.5 Å². The topological polar surface area (TPSA) is 56.7 Å². The van der Waals surface area contributed by atoms with Crippen LogP contribution in [0.15, 0.2) is 48.8 Å². The molecule has 1 fully saturated rings. The van der Waals surface area contributed by atoms with Crippen LogP contribution < -0.4 is 0 Å². The molecule has 124 valence electrons.